The van der Waals surface area contributed by atoms with Crippen LogP contribution in [0.15, 0.2) is 23.2 Å². The number of nitrogens with zero attached hydrogens (tertiary/aromatic N) is 1. The van der Waals surface area contributed by atoms with Gasteiger partial charge in [0.15, 0.2) is 0 Å². The minimum Gasteiger partial charge on any atom is -0.384 e. The highest BCUT2D eigenvalue weighted by molar-refractivity contribution is 6.42. The van der Waals surface area contributed by atoms with Crippen molar-refractivity contribution in [3.8, 4) is 0 Å². The van der Waals surface area contributed by atoms with Gasteiger partial charge >= 0.3 is 0 Å². The Morgan fingerprint density at radius 2 is 2.07 bits per heavy atom. The van der Waals surface area contributed by atoms with Crippen LogP contribution in [-0.2, 0) is 0 Å². The molecule has 0 heterocycles. The van der Waals surface area contributed by atoms with Gasteiger partial charge in [0.25, 0.3) is 0 Å². The smallest absolute Gasteiger partial charge is 0.125 e. The van der Waals surface area contributed by atoms with Crippen molar-refractivity contribution >= 4 is 29.0 Å². The molecule has 0 saturated heterocycles. The van der Waals surface area contributed by atoms with Crippen molar-refractivity contribution < 1.29 is 0 Å². The number of nitrogens with two attached hydrogens (primary N) is 1. The second-order valence-electron chi connectivity index (χ2n) is 3.25. The Kier molecular flexibility index (Phi) is 4.92. The van der Waals surface area contributed by atoms with Crippen LogP contribution in [0.3, 0.4) is 0 Å². The quantitative estimate of drug-likeness (QED) is 0.492. The molecule has 0 aliphatic carbocycles. The van der Waals surface area contributed by atoms with Crippen molar-refractivity contribution in [2.45, 2.75) is 19.8 Å². The largest absolute Gasteiger partial charge is 0.384 e. The summed E-state index contributed by atoms with van der Waals surface area (Å²) in [7, 11) is 0. The highest BCUT2D eigenvalue weighted by Gasteiger charge is 2.02. The van der Waals surface area contributed by atoms with E-state index in [1.165, 1.54) is 0 Å². The monoisotopic (exact) mass is 244 g/mol. The van der Waals surface area contributed by atoms with E-state index >= 15 is 0 Å². The predicted molar refractivity (Wildman–Crippen MR) is 67.0 cm³/mol. The number of benzene rings is 1. The predicted octanol–water partition coefficient (Wildman–Crippen LogP) is 3.50. The Balaban J connectivity index is 2.77. The van der Waals surface area contributed by atoms with Gasteiger partial charge < -0.3 is 5.73 Å². The lowest BCUT2D eigenvalue weighted by Crippen LogP contribution is -2.13. The van der Waals surface area contributed by atoms with E-state index in [9.17, 15) is 0 Å². The van der Waals surface area contributed by atoms with Crippen molar-refractivity contribution in [1.82, 2.24) is 0 Å². The van der Waals surface area contributed by atoms with Crippen LogP contribution in [0, 0.1) is 0 Å². The third kappa shape index (κ3) is 3.73. The van der Waals surface area contributed by atoms with E-state index in [4.69, 9.17) is 28.9 Å². The van der Waals surface area contributed by atoms with Gasteiger partial charge in [-0.15, -0.1) is 0 Å². The third-order valence-electron chi connectivity index (χ3n) is 2.01. The van der Waals surface area contributed by atoms with Crippen LogP contribution >= 0.6 is 23.2 Å². The molecule has 0 atom stereocenters. The van der Waals surface area contributed by atoms with Crippen molar-refractivity contribution in [1.29, 1.82) is 0 Å². The summed E-state index contributed by atoms with van der Waals surface area (Å²) in [4.78, 5) is 4.25. The molecule has 1 aromatic rings. The molecule has 1 rings (SSSR count). The fraction of sp³-hybridized carbons (Fsp3) is 0.364. The van der Waals surface area contributed by atoms with E-state index in [0.29, 0.717) is 15.9 Å². The number of amidine groups is 1. The molecule has 0 saturated carbocycles. The van der Waals surface area contributed by atoms with Gasteiger partial charge in [-0.3, -0.25) is 4.99 Å². The average Bonchev–Trinajstić information content (AvgIpc) is 2.22. The lowest BCUT2D eigenvalue weighted by Gasteiger charge is -2.02. The molecular formula is C11H14Cl2N2. The molecule has 0 radical (unpaired) electrons. The number of halogens is 2. The van der Waals surface area contributed by atoms with Crippen molar-refractivity contribution in [2.75, 3.05) is 6.54 Å². The minimum atomic E-state index is 0.503. The zero-order chi connectivity index (χ0) is 11.3. The van der Waals surface area contributed by atoms with Crippen LogP contribution in [0.5, 0.6) is 0 Å². The Morgan fingerprint density at radius 3 is 2.67 bits per heavy atom. The molecule has 0 aliphatic rings. The Labute approximate surface area is 100 Å². The van der Waals surface area contributed by atoms with E-state index in [-0.39, 0.29) is 0 Å². The van der Waals surface area contributed by atoms with E-state index < -0.39 is 0 Å². The third-order valence-corrected chi connectivity index (χ3v) is 2.75. The van der Waals surface area contributed by atoms with Crippen LogP contribution in [0.2, 0.25) is 10.0 Å². The minimum absolute atomic E-state index is 0.503. The summed E-state index contributed by atoms with van der Waals surface area (Å²) in [6.07, 6.45) is 2.15. The van der Waals surface area contributed by atoms with E-state index in [0.717, 1.165) is 24.9 Å². The molecule has 0 aromatic heterocycles. The average molecular weight is 245 g/mol. The fourth-order valence-corrected chi connectivity index (χ4v) is 1.40. The molecule has 0 aliphatic heterocycles. The van der Waals surface area contributed by atoms with E-state index in [1.807, 2.05) is 6.07 Å². The topological polar surface area (TPSA) is 38.4 Å². The van der Waals surface area contributed by atoms with Gasteiger partial charge in [0.2, 0.25) is 0 Å². The Bertz CT molecular complexity index is 362. The second-order valence-corrected chi connectivity index (χ2v) is 4.06. The first-order valence-electron chi connectivity index (χ1n) is 4.90. The zero-order valence-electron chi connectivity index (χ0n) is 8.63. The van der Waals surface area contributed by atoms with Gasteiger partial charge in [0.05, 0.1) is 10.0 Å². The number of hydrogen-bond donors (Lipinski definition) is 1. The van der Waals surface area contributed by atoms with E-state index in [1.54, 1.807) is 12.1 Å². The molecule has 82 valence electrons. The number of unbranched alkanes of at least 4 members (excludes halogenated alkanes) is 1. The highest BCUT2D eigenvalue weighted by atomic mass is 35.5. The zero-order valence-corrected chi connectivity index (χ0v) is 10.1. The molecule has 0 amide bonds. The van der Waals surface area contributed by atoms with Crippen LogP contribution in [0.25, 0.3) is 0 Å². The molecular weight excluding hydrogens is 231 g/mol. The fourth-order valence-electron chi connectivity index (χ4n) is 1.10. The number of rotatable bonds is 4. The molecule has 0 fully saturated rings. The Morgan fingerprint density at radius 1 is 1.33 bits per heavy atom. The van der Waals surface area contributed by atoms with Gasteiger partial charge in [-0.1, -0.05) is 36.5 Å². The molecule has 0 bridgehead atoms. The SMILES string of the molecule is CCCCN=C(N)c1ccc(Cl)c(Cl)c1. The van der Waals surface area contributed by atoms with Crippen LogP contribution < -0.4 is 5.73 Å². The normalized spacial score (nSPS) is 11.8. The van der Waals surface area contributed by atoms with Gasteiger partial charge in [-0.25, -0.2) is 0 Å². The number of aliphatic imine (C=N–C) groups is 1. The summed E-state index contributed by atoms with van der Waals surface area (Å²) in [5.74, 6) is 0.516. The summed E-state index contributed by atoms with van der Waals surface area (Å²) in [6.45, 7) is 2.87. The Hall–Kier alpha value is -0.730. The molecule has 1 aromatic carbocycles. The van der Waals surface area contributed by atoms with Gasteiger partial charge in [0, 0.05) is 12.1 Å². The van der Waals surface area contributed by atoms with Gasteiger partial charge in [-0.05, 0) is 24.6 Å². The second kappa shape index (κ2) is 5.99. The summed E-state index contributed by atoms with van der Waals surface area (Å²) < 4.78 is 0. The molecule has 0 spiro atoms. The maximum Gasteiger partial charge on any atom is 0.125 e. The van der Waals surface area contributed by atoms with Crippen molar-refractivity contribution in [3.05, 3.63) is 33.8 Å². The molecule has 2 nitrogen and oxygen atoms in total. The summed E-state index contributed by atoms with van der Waals surface area (Å²) in [5, 5.41) is 1.03. The first kappa shape index (κ1) is 12.3. The van der Waals surface area contributed by atoms with Gasteiger partial charge in [0.1, 0.15) is 5.84 Å². The van der Waals surface area contributed by atoms with Gasteiger partial charge in [-0.2, -0.15) is 0 Å². The maximum absolute atomic E-state index is 5.88. The van der Waals surface area contributed by atoms with Crippen molar-refractivity contribution in [3.63, 3.8) is 0 Å². The first-order chi connectivity index (χ1) is 7.15. The first-order valence-corrected chi connectivity index (χ1v) is 5.66. The highest BCUT2D eigenvalue weighted by Crippen LogP contribution is 2.22. The van der Waals surface area contributed by atoms with E-state index in [2.05, 4.69) is 11.9 Å². The standard InChI is InChI=1S/C11H14Cl2N2/c1-2-3-6-15-11(14)8-4-5-9(12)10(13)7-8/h4-5,7H,2-3,6H2,1H3,(H2,14,15). The van der Waals surface area contributed by atoms with Crippen LogP contribution in [-0.4, -0.2) is 12.4 Å². The molecule has 4 heteroatoms. The van der Waals surface area contributed by atoms with Crippen LogP contribution in [0.1, 0.15) is 25.3 Å². The summed E-state index contributed by atoms with van der Waals surface area (Å²) in [6, 6.07) is 5.27. The van der Waals surface area contributed by atoms with Crippen LogP contribution in [0.4, 0.5) is 0 Å². The summed E-state index contributed by atoms with van der Waals surface area (Å²) >= 11 is 11.7. The molecule has 2 N–H and O–H groups in total. The molecule has 0 unspecified atom stereocenters. The summed E-state index contributed by atoms with van der Waals surface area (Å²) in [5.41, 5.74) is 6.62. The molecule has 15 heavy (non-hydrogen) atoms. The van der Waals surface area contributed by atoms with Crippen molar-refractivity contribution in [2.24, 2.45) is 10.7 Å². The number of hydrogen-bond acceptors (Lipinski definition) is 1. The lowest BCUT2D eigenvalue weighted by molar-refractivity contribution is 0.807. The lowest BCUT2D eigenvalue weighted by atomic mass is 10.2. The maximum atomic E-state index is 5.88.